The molecule has 0 spiro atoms. The molecule has 0 aromatic carbocycles. The number of unbranched alkanes of at least 4 members (excludes halogenated alkanes) is 12. The molecule has 1 amide bonds. The number of ether oxygens (including phenoxy) is 1. The largest absolute Gasteiger partial charge is 0.444 e. The van der Waals surface area contributed by atoms with E-state index in [9.17, 15) is 13.2 Å². The third-order valence-corrected chi connectivity index (χ3v) is 5.32. The summed E-state index contributed by atoms with van der Waals surface area (Å²) in [6, 6.07) is -0.554. The predicted molar refractivity (Wildman–Crippen MR) is 129 cm³/mol. The quantitative estimate of drug-likeness (QED) is 0.143. The molecule has 0 unspecified atom stereocenters. The number of nitrogens with one attached hydrogen (secondary N) is 1. The van der Waals surface area contributed by atoms with E-state index in [2.05, 4.69) is 12.2 Å². The van der Waals surface area contributed by atoms with Crippen LogP contribution < -0.4 is 5.32 Å². The predicted octanol–water partition coefficient (Wildman–Crippen LogP) is 6.50. The summed E-state index contributed by atoms with van der Waals surface area (Å²) >= 11 is 0. The van der Waals surface area contributed by atoms with Crippen LogP contribution in [0.25, 0.3) is 0 Å². The van der Waals surface area contributed by atoms with Gasteiger partial charge in [-0.15, -0.1) is 0 Å². The van der Waals surface area contributed by atoms with E-state index in [4.69, 9.17) is 8.92 Å². The summed E-state index contributed by atoms with van der Waals surface area (Å²) in [7, 11) is -3.57. The first kappa shape index (κ1) is 29.9. The standard InChI is InChI=1S/C24H47NO5S/c1-6-7-8-9-10-11-12-13-14-15-16-17-18-19-20-22(21-29-31(5,27)28)25-23(26)30-24(2,3)4/h19-20,22H,6-18,21H2,1-5H3,(H,25,26)/b20-19+/t22-/m1/s1. The van der Waals surface area contributed by atoms with Crippen molar-refractivity contribution in [2.75, 3.05) is 12.9 Å². The molecule has 0 aliphatic rings. The molecule has 0 heterocycles. The molecular weight excluding hydrogens is 414 g/mol. The number of amides is 1. The van der Waals surface area contributed by atoms with E-state index in [-0.39, 0.29) is 6.61 Å². The van der Waals surface area contributed by atoms with Gasteiger partial charge in [0.1, 0.15) is 5.60 Å². The molecule has 0 aromatic heterocycles. The van der Waals surface area contributed by atoms with Crippen molar-refractivity contribution in [2.45, 2.75) is 123 Å². The second-order valence-corrected chi connectivity index (χ2v) is 11.0. The average Bonchev–Trinajstić information content (AvgIpc) is 2.64. The smallest absolute Gasteiger partial charge is 0.408 e. The van der Waals surface area contributed by atoms with Crippen LogP contribution >= 0.6 is 0 Å². The lowest BCUT2D eigenvalue weighted by atomic mass is 10.0. The molecule has 0 radical (unpaired) electrons. The van der Waals surface area contributed by atoms with Crippen LogP contribution in [0.4, 0.5) is 4.79 Å². The Morgan fingerprint density at radius 2 is 1.39 bits per heavy atom. The van der Waals surface area contributed by atoms with Crippen LogP contribution in [0.15, 0.2) is 12.2 Å². The number of carbonyl (C=O) groups excluding carboxylic acids is 1. The monoisotopic (exact) mass is 461 g/mol. The van der Waals surface area contributed by atoms with Gasteiger partial charge in [0.2, 0.25) is 0 Å². The second kappa shape index (κ2) is 17.5. The number of carbonyl (C=O) groups is 1. The van der Waals surface area contributed by atoms with Crippen molar-refractivity contribution in [1.29, 1.82) is 0 Å². The summed E-state index contributed by atoms with van der Waals surface area (Å²) in [5, 5.41) is 2.66. The van der Waals surface area contributed by atoms with Gasteiger partial charge in [-0.2, -0.15) is 8.42 Å². The lowest BCUT2D eigenvalue weighted by Crippen LogP contribution is -2.40. The summed E-state index contributed by atoms with van der Waals surface area (Å²) in [4.78, 5) is 12.0. The van der Waals surface area contributed by atoms with Crippen LogP contribution in [0.2, 0.25) is 0 Å². The summed E-state index contributed by atoms with van der Waals surface area (Å²) in [6.07, 6.45) is 20.8. The minimum absolute atomic E-state index is 0.146. The van der Waals surface area contributed by atoms with E-state index in [0.717, 1.165) is 19.1 Å². The molecule has 7 heteroatoms. The van der Waals surface area contributed by atoms with Gasteiger partial charge in [0.15, 0.2) is 0 Å². The van der Waals surface area contributed by atoms with Crippen LogP contribution in [0.5, 0.6) is 0 Å². The second-order valence-electron chi connectivity index (χ2n) is 9.35. The zero-order chi connectivity index (χ0) is 23.6. The first-order chi connectivity index (χ1) is 14.5. The number of allylic oxidation sites excluding steroid dienone is 1. The van der Waals surface area contributed by atoms with E-state index < -0.39 is 27.9 Å². The van der Waals surface area contributed by atoms with Gasteiger partial charge in [-0.05, 0) is 33.6 Å². The molecule has 0 aromatic rings. The fourth-order valence-electron chi connectivity index (χ4n) is 3.16. The molecule has 0 saturated heterocycles. The topological polar surface area (TPSA) is 81.7 Å². The molecule has 184 valence electrons. The Labute approximate surface area is 191 Å². The Hall–Kier alpha value is -1.08. The minimum atomic E-state index is -3.57. The molecule has 0 rings (SSSR count). The molecule has 0 saturated carbocycles. The molecular formula is C24H47NO5S. The van der Waals surface area contributed by atoms with Crippen molar-refractivity contribution in [3.8, 4) is 0 Å². The minimum Gasteiger partial charge on any atom is -0.444 e. The van der Waals surface area contributed by atoms with Crippen molar-refractivity contribution in [3.05, 3.63) is 12.2 Å². The van der Waals surface area contributed by atoms with Crippen molar-refractivity contribution < 1.29 is 22.1 Å². The van der Waals surface area contributed by atoms with Gasteiger partial charge in [-0.25, -0.2) is 4.79 Å². The highest BCUT2D eigenvalue weighted by atomic mass is 32.2. The van der Waals surface area contributed by atoms with Crippen molar-refractivity contribution in [3.63, 3.8) is 0 Å². The Balaban J connectivity index is 4.01. The maximum Gasteiger partial charge on any atom is 0.408 e. The van der Waals surface area contributed by atoms with E-state index >= 15 is 0 Å². The maximum atomic E-state index is 12.0. The van der Waals surface area contributed by atoms with Gasteiger partial charge in [0, 0.05) is 0 Å². The average molecular weight is 462 g/mol. The normalized spacial score (nSPS) is 13.5. The Kier molecular flexibility index (Phi) is 16.9. The first-order valence-corrected chi connectivity index (χ1v) is 13.9. The first-order valence-electron chi connectivity index (χ1n) is 12.0. The van der Waals surface area contributed by atoms with E-state index in [1.807, 2.05) is 6.08 Å². The SMILES string of the molecule is CCCCCCCCCCCCCC/C=C/[C@H](COS(C)(=O)=O)NC(=O)OC(C)(C)C. The number of alkyl carbamates (subject to hydrolysis) is 1. The Morgan fingerprint density at radius 1 is 0.903 bits per heavy atom. The molecule has 0 bridgehead atoms. The van der Waals surface area contributed by atoms with Gasteiger partial charge in [-0.3, -0.25) is 4.18 Å². The number of hydrogen-bond acceptors (Lipinski definition) is 5. The summed E-state index contributed by atoms with van der Waals surface area (Å²) in [6.45, 7) is 7.43. The summed E-state index contributed by atoms with van der Waals surface area (Å²) < 4.78 is 32.6. The molecule has 31 heavy (non-hydrogen) atoms. The van der Waals surface area contributed by atoms with Crippen LogP contribution in [0.1, 0.15) is 111 Å². The lowest BCUT2D eigenvalue weighted by molar-refractivity contribution is 0.0502. The third-order valence-electron chi connectivity index (χ3n) is 4.76. The van der Waals surface area contributed by atoms with Crippen molar-refractivity contribution in [1.82, 2.24) is 5.32 Å². The maximum absolute atomic E-state index is 12.0. The lowest BCUT2D eigenvalue weighted by Gasteiger charge is -2.22. The highest BCUT2D eigenvalue weighted by Gasteiger charge is 2.19. The van der Waals surface area contributed by atoms with Crippen molar-refractivity contribution in [2.24, 2.45) is 0 Å². The Morgan fingerprint density at radius 3 is 1.84 bits per heavy atom. The van der Waals surface area contributed by atoms with Gasteiger partial charge >= 0.3 is 6.09 Å². The highest BCUT2D eigenvalue weighted by Crippen LogP contribution is 2.13. The van der Waals surface area contributed by atoms with Gasteiger partial charge in [-0.1, -0.05) is 89.7 Å². The van der Waals surface area contributed by atoms with E-state index in [1.54, 1.807) is 26.8 Å². The zero-order valence-electron chi connectivity index (χ0n) is 20.6. The van der Waals surface area contributed by atoms with Crippen LogP contribution in [0, 0.1) is 0 Å². The van der Waals surface area contributed by atoms with Crippen molar-refractivity contribution >= 4 is 16.2 Å². The molecule has 6 nitrogen and oxygen atoms in total. The molecule has 0 aliphatic carbocycles. The van der Waals surface area contributed by atoms with E-state index in [0.29, 0.717) is 0 Å². The molecule has 0 fully saturated rings. The zero-order valence-corrected chi connectivity index (χ0v) is 21.4. The van der Waals surface area contributed by atoms with Gasteiger partial charge in [0.05, 0.1) is 18.9 Å². The Bertz CT molecular complexity index is 581. The van der Waals surface area contributed by atoms with Crippen LogP contribution in [-0.4, -0.2) is 39.0 Å². The van der Waals surface area contributed by atoms with E-state index in [1.165, 1.54) is 70.6 Å². The van der Waals surface area contributed by atoms with Crippen LogP contribution in [-0.2, 0) is 19.0 Å². The fraction of sp³-hybridized carbons (Fsp3) is 0.875. The molecule has 0 aliphatic heterocycles. The third kappa shape index (κ3) is 23.4. The van der Waals surface area contributed by atoms with Gasteiger partial charge < -0.3 is 10.1 Å². The van der Waals surface area contributed by atoms with Gasteiger partial charge in [0.25, 0.3) is 10.1 Å². The highest BCUT2D eigenvalue weighted by molar-refractivity contribution is 7.85. The summed E-state index contributed by atoms with van der Waals surface area (Å²) in [5.41, 5.74) is -0.620. The number of rotatable bonds is 18. The van der Waals surface area contributed by atoms with Crippen LogP contribution in [0.3, 0.4) is 0 Å². The fourth-order valence-corrected chi connectivity index (χ4v) is 3.56. The molecule has 1 atom stereocenters. The molecule has 1 N–H and O–H groups in total. The summed E-state index contributed by atoms with van der Waals surface area (Å²) in [5.74, 6) is 0. The number of hydrogen-bond donors (Lipinski definition) is 1.